The molecule has 3 aromatic carbocycles. The van der Waals surface area contributed by atoms with Gasteiger partial charge >= 0.3 is 0 Å². The average Bonchev–Trinajstić information content (AvgIpc) is 3.11. The summed E-state index contributed by atoms with van der Waals surface area (Å²) < 4.78 is 7.68. The zero-order valence-corrected chi connectivity index (χ0v) is 16.8. The molecule has 0 fully saturated rings. The van der Waals surface area contributed by atoms with Gasteiger partial charge in [-0.05, 0) is 30.2 Å². The monoisotopic (exact) mass is 383 g/mol. The van der Waals surface area contributed by atoms with E-state index >= 15 is 0 Å². The minimum atomic E-state index is 0.613. The molecular formula is C25H25N3O. The summed E-state index contributed by atoms with van der Waals surface area (Å²) >= 11 is 0. The molecule has 0 atom stereocenters. The van der Waals surface area contributed by atoms with Crippen molar-refractivity contribution in [3.63, 3.8) is 0 Å². The van der Waals surface area contributed by atoms with Gasteiger partial charge < -0.3 is 14.7 Å². The summed E-state index contributed by atoms with van der Waals surface area (Å²) in [5, 5.41) is 5.65. The van der Waals surface area contributed by atoms with Crippen molar-refractivity contribution in [1.29, 1.82) is 0 Å². The molecule has 146 valence electrons. The normalized spacial score (nSPS) is 11.2. The predicted molar refractivity (Wildman–Crippen MR) is 120 cm³/mol. The molecule has 4 rings (SSSR count). The summed E-state index contributed by atoms with van der Waals surface area (Å²) in [5.74, 6) is 0.866. The lowest BCUT2D eigenvalue weighted by molar-refractivity contribution is 0.408. The predicted octanol–water partition coefficient (Wildman–Crippen LogP) is 5.13. The summed E-state index contributed by atoms with van der Waals surface area (Å²) in [6, 6.07) is 24.9. The first-order valence-corrected chi connectivity index (χ1v) is 9.76. The molecule has 4 heteroatoms. The van der Waals surface area contributed by atoms with Crippen molar-refractivity contribution < 1.29 is 4.74 Å². The van der Waals surface area contributed by atoms with Crippen molar-refractivity contribution in [3.05, 3.63) is 101 Å². The van der Waals surface area contributed by atoms with Crippen molar-refractivity contribution in [3.8, 4) is 5.75 Å². The van der Waals surface area contributed by atoms with Crippen LogP contribution in [0, 0.1) is 6.92 Å². The van der Waals surface area contributed by atoms with Crippen molar-refractivity contribution >= 4 is 17.1 Å². The highest BCUT2D eigenvalue weighted by Gasteiger charge is 2.08. The molecule has 29 heavy (non-hydrogen) atoms. The Bertz CT molecular complexity index is 1140. The molecule has 1 aromatic heterocycles. The van der Waals surface area contributed by atoms with Crippen molar-refractivity contribution in [1.82, 2.24) is 9.99 Å². The molecule has 4 aromatic rings. The van der Waals surface area contributed by atoms with Crippen LogP contribution >= 0.6 is 0 Å². The quantitative estimate of drug-likeness (QED) is 0.355. The van der Waals surface area contributed by atoms with E-state index < -0.39 is 0 Å². The molecular weight excluding hydrogens is 358 g/mol. The molecule has 4 nitrogen and oxygen atoms in total. The van der Waals surface area contributed by atoms with Crippen LogP contribution < -0.4 is 10.2 Å². The zero-order valence-electron chi connectivity index (χ0n) is 16.8. The number of fused-ring (bicyclic) bond motifs is 1. The number of nitrogens with zero attached hydrogens (tertiary/aromatic N) is 2. The molecule has 1 heterocycles. The Balaban J connectivity index is 1.55. The molecule has 0 spiro atoms. The van der Waals surface area contributed by atoms with E-state index in [-0.39, 0.29) is 0 Å². The molecule has 0 radical (unpaired) electrons. The van der Waals surface area contributed by atoms with Crippen LogP contribution in [0.3, 0.4) is 0 Å². The van der Waals surface area contributed by atoms with E-state index in [0.717, 1.165) is 23.4 Å². The van der Waals surface area contributed by atoms with Gasteiger partial charge in [-0.15, -0.1) is 0 Å². The van der Waals surface area contributed by atoms with Gasteiger partial charge in [0.2, 0.25) is 0 Å². The maximum Gasteiger partial charge on any atom is 0.123 e. The molecule has 0 saturated heterocycles. The summed E-state index contributed by atoms with van der Waals surface area (Å²) in [4.78, 5) is 0. The number of para-hydroxylation sites is 2. The number of hydrogen-bond donors (Lipinski definition) is 1. The SMILES string of the molecule is COc1ccccc1CN/N=C/c1cn(Cc2ccccc2C)c2ccccc12. The molecule has 0 bridgehead atoms. The standard InChI is InChI=1S/C25H25N3O/c1-19-9-3-4-11-21(19)17-28-18-22(23-12-6-7-13-24(23)28)16-27-26-15-20-10-5-8-14-25(20)29-2/h3-14,16,18,26H,15,17H2,1-2H3/b27-16+. The Hall–Kier alpha value is -3.53. The summed E-state index contributed by atoms with van der Waals surface area (Å²) in [6.45, 7) is 3.61. The first-order valence-electron chi connectivity index (χ1n) is 9.76. The highest BCUT2D eigenvalue weighted by atomic mass is 16.5. The van der Waals surface area contributed by atoms with Crippen LogP contribution in [0.4, 0.5) is 0 Å². The van der Waals surface area contributed by atoms with Crippen LogP contribution in [-0.2, 0) is 13.1 Å². The first kappa shape index (κ1) is 18.8. The van der Waals surface area contributed by atoms with Gasteiger partial charge in [-0.3, -0.25) is 0 Å². The van der Waals surface area contributed by atoms with Crippen LogP contribution in [0.5, 0.6) is 5.75 Å². The third-order valence-electron chi connectivity index (χ3n) is 5.18. The third kappa shape index (κ3) is 4.16. The number of hydrogen-bond acceptors (Lipinski definition) is 3. The van der Waals surface area contributed by atoms with Gasteiger partial charge in [0.1, 0.15) is 5.75 Å². The maximum absolute atomic E-state index is 5.39. The molecule has 0 aliphatic heterocycles. The highest BCUT2D eigenvalue weighted by Crippen LogP contribution is 2.22. The van der Waals surface area contributed by atoms with Crippen molar-refractivity contribution in [2.75, 3.05) is 7.11 Å². The number of rotatable bonds is 7. The van der Waals surface area contributed by atoms with E-state index in [4.69, 9.17) is 4.74 Å². The second-order valence-electron chi connectivity index (χ2n) is 7.06. The summed E-state index contributed by atoms with van der Waals surface area (Å²) in [7, 11) is 1.69. The van der Waals surface area contributed by atoms with Crippen LogP contribution in [0.2, 0.25) is 0 Å². The second-order valence-corrected chi connectivity index (χ2v) is 7.06. The number of aromatic nitrogens is 1. The number of methoxy groups -OCH3 is 1. The third-order valence-corrected chi connectivity index (χ3v) is 5.18. The summed E-state index contributed by atoms with van der Waals surface area (Å²) in [6.07, 6.45) is 4.07. The number of nitrogens with one attached hydrogen (secondary N) is 1. The van der Waals surface area contributed by atoms with Crippen LogP contribution in [-0.4, -0.2) is 17.9 Å². The fraction of sp³-hybridized carbons (Fsp3) is 0.160. The van der Waals surface area contributed by atoms with E-state index in [0.29, 0.717) is 6.54 Å². The lowest BCUT2D eigenvalue weighted by Crippen LogP contribution is -2.06. The van der Waals surface area contributed by atoms with Crippen molar-refractivity contribution in [2.24, 2.45) is 5.10 Å². The van der Waals surface area contributed by atoms with Gasteiger partial charge in [0.15, 0.2) is 0 Å². The lowest BCUT2D eigenvalue weighted by atomic mass is 10.1. The summed E-state index contributed by atoms with van der Waals surface area (Å²) in [5.41, 5.74) is 9.15. The molecule has 0 unspecified atom stereocenters. The molecule has 1 N–H and O–H groups in total. The Morgan fingerprint density at radius 3 is 2.48 bits per heavy atom. The van der Waals surface area contributed by atoms with Gasteiger partial charge in [0, 0.05) is 34.8 Å². The zero-order chi connectivity index (χ0) is 20.1. The fourth-order valence-corrected chi connectivity index (χ4v) is 3.57. The molecule has 0 aliphatic carbocycles. The number of ether oxygens (including phenoxy) is 1. The minimum Gasteiger partial charge on any atom is -0.496 e. The van der Waals surface area contributed by atoms with Gasteiger partial charge in [-0.1, -0.05) is 60.7 Å². The van der Waals surface area contributed by atoms with Crippen LogP contribution in [0.1, 0.15) is 22.3 Å². The molecule has 0 amide bonds. The number of benzene rings is 3. The second kappa shape index (κ2) is 8.65. The van der Waals surface area contributed by atoms with Gasteiger partial charge in [0.25, 0.3) is 0 Å². The Morgan fingerprint density at radius 2 is 1.66 bits per heavy atom. The van der Waals surface area contributed by atoms with Gasteiger partial charge in [-0.25, -0.2) is 0 Å². The van der Waals surface area contributed by atoms with E-state index in [9.17, 15) is 0 Å². The van der Waals surface area contributed by atoms with Crippen LogP contribution in [0.25, 0.3) is 10.9 Å². The van der Waals surface area contributed by atoms with Gasteiger partial charge in [-0.2, -0.15) is 5.10 Å². The maximum atomic E-state index is 5.39. The first-order chi connectivity index (χ1) is 14.3. The van der Waals surface area contributed by atoms with E-state index in [2.05, 4.69) is 76.7 Å². The highest BCUT2D eigenvalue weighted by molar-refractivity contribution is 5.99. The minimum absolute atomic E-state index is 0.613. The van der Waals surface area contributed by atoms with Gasteiger partial charge in [0.05, 0.1) is 19.9 Å². The van der Waals surface area contributed by atoms with E-state index in [1.54, 1.807) is 7.11 Å². The van der Waals surface area contributed by atoms with Crippen molar-refractivity contribution in [2.45, 2.75) is 20.0 Å². The lowest BCUT2D eigenvalue weighted by Gasteiger charge is -2.08. The molecule has 0 saturated carbocycles. The number of hydrazone groups is 1. The Labute approximate surface area is 171 Å². The Morgan fingerprint density at radius 1 is 0.931 bits per heavy atom. The van der Waals surface area contributed by atoms with E-state index in [1.165, 1.54) is 22.0 Å². The largest absolute Gasteiger partial charge is 0.496 e. The topological polar surface area (TPSA) is 38.5 Å². The molecule has 0 aliphatic rings. The fourth-order valence-electron chi connectivity index (χ4n) is 3.57. The average molecular weight is 383 g/mol. The van der Waals surface area contributed by atoms with E-state index in [1.807, 2.05) is 30.5 Å². The number of aryl methyl sites for hydroxylation is 1. The van der Waals surface area contributed by atoms with Crippen LogP contribution in [0.15, 0.2) is 84.1 Å². The smallest absolute Gasteiger partial charge is 0.123 e. The Kier molecular flexibility index (Phi) is 5.61.